The maximum Gasteiger partial charge on any atom is 0.225 e. The van der Waals surface area contributed by atoms with Crippen molar-refractivity contribution >= 4 is 28.5 Å². The minimum absolute atomic E-state index is 0.0924. The van der Waals surface area contributed by atoms with Crippen LogP contribution in [0.15, 0.2) is 29.3 Å². The lowest BCUT2D eigenvalue weighted by Crippen LogP contribution is -2.51. The van der Waals surface area contributed by atoms with E-state index >= 15 is 0 Å². The zero-order chi connectivity index (χ0) is 18.8. The Morgan fingerprint density at radius 3 is 2.44 bits per heavy atom. The van der Waals surface area contributed by atoms with Crippen LogP contribution in [0.25, 0.3) is 0 Å². The smallest absolute Gasteiger partial charge is 0.225 e. The van der Waals surface area contributed by atoms with Gasteiger partial charge in [-0.1, -0.05) is 50.1 Å². The van der Waals surface area contributed by atoms with Crippen molar-refractivity contribution in [3.05, 3.63) is 29.8 Å². The zero-order valence-corrected chi connectivity index (χ0v) is 17.4. The van der Waals surface area contributed by atoms with Crippen LogP contribution in [0.3, 0.4) is 0 Å². The van der Waals surface area contributed by atoms with Crippen molar-refractivity contribution in [2.24, 2.45) is 4.99 Å². The Hall–Kier alpha value is -1.49. The van der Waals surface area contributed by atoms with E-state index in [0.29, 0.717) is 12.1 Å². The first-order valence-corrected chi connectivity index (χ1v) is 11.5. The van der Waals surface area contributed by atoms with Gasteiger partial charge in [0.25, 0.3) is 0 Å². The van der Waals surface area contributed by atoms with E-state index in [4.69, 9.17) is 4.99 Å². The molecular weight excluding hydrogens is 354 g/mol. The molecule has 0 N–H and O–H groups in total. The molecule has 1 heterocycles. The number of nitrogens with zero attached hydrogens (tertiary/aromatic N) is 3. The summed E-state index contributed by atoms with van der Waals surface area (Å²) in [4.78, 5) is 22.2. The van der Waals surface area contributed by atoms with Gasteiger partial charge in [-0.3, -0.25) is 14.7 Å². The van der Waals surface area contributed by atoms with E-state index in [0.717, 1.165) is 17.9 Å². The van der Waals surface area contributed by atoms with Crippen molar-refractivity contribution in [1.29, 1.82) is 0 Å². The van der Waals surface area contributed by atoms with E-state index in [1.165, 1.54) is 55.7 Å². The Morgan fingerprint density at radius 2 is 1.85 bits per heavy atom. The fourth-order valence-corrected chi connectivity index (χ4v) is 5.56. The van der Waals surface area contributed by atoms with Gasteiger partial charge in [0.05, 0.1) is 6.04 Å². The van der Waals surface area contributed by atoms with E-state index in [-0.39, 0.29) is 12.1 Å². The van der Waals surface area contributed by atoms with Gasteiger partial charge >= 0.3 is 0 Å². The quantitative estimate of drug-likeness (QED) is 0.728. The molecule has 1 aliphatic heterocycles. The topological polar surface area (TPSA) is 35.9 Å². The molecule has 1 unspecified atom stereocenters. The van der Waals surface area contributed by atoms with Gasteiger partial charge in [-0.05, 0) is 49.8 Å². The summed E-state index contributed by atoms with van der Waals surface area (Å²) in [7, 11) is 0. The molecule has 4 rings (SSSR count). The van der Waals surface area contributed by atoms with E-state index in [1.54, 1.807) is 6.92 Å². The van der Waals surface area contributed by atoms with Crippen molar-refractivity contribution in [2.75, 3.05) is 10.7 Å². The third kappa shape index (κ3) is 4.18. The monoisotopic (exact) mass is 385 g/mol. The molecule has 27 heavy (non-hydrogen) atoms. The normalized spacial score (nSPS) is 25.2. The highest BCUT2D eigenvalue weighted by atomic mass is 32.2. The number of anilines is 1. The summed E-state index contributed by atoms with van der Waals surface area (Å²) >= 11 is 1.85. The van der Waals surface area contributed by atoms with Crippen LogP contribution >= 0.6 is 11.8 Å². The zero-order valence-electron chi connectivity index (χ0n) is 16.6. The summed E-state index contributed by atoms with van der Waals surface area (Å²) < 4.78 is 0. The molecule has 1 aromatic carbocycles. The third-order valence-electron chi connectivity index (χ3n) is 5.97. The predicted molar refractivity (Wildman–Crippen MR) is 114 cm³/mol. The molecule has 0 aromatic heterocycles. The molecule has 3 aliphatic rings. The number of benzene rings is 1. The summed E-state index contributed by atoms with van der Waals surface area (Å²) in [6.45, 7) is 3.86. The molecule has 2 saturated carbocycles. The summed E-state index contributed by atoms with van der Waals surface area (Å²) in [5.41, 5.74) is 2.32. The van der Waals surface area contributed by atoms with Gasteiger partial charge in [-0.25, -0.2) is 0 Å². The summed E-state index contributed by atoms with van der Waals surface area (Å²) in [6, 6.07) is 9.54. The molecule has 0 bridgehead atoms. The Morgan fingerprint density at radius 1 is 1.15 bits per heavy atom. The molecule has 1 atom stereocenters. The molecule has 4 nitrogen and oxygen atoms in total. The average molecular weight is 386 g/mol. The second-order valence-corrected chi connectivity index (χ2v) is 9.03. The highest BCUT2D eigenvalue weighted by molar-refractivity contribution is 8.14. The van der Waals surface area contributed by atoms with Gasteiger partial charge in [0.2, 0.25) is 5.91 Å². The maximum atomic E-state index is 12.6. The molecule has 1 aromatic rings. The minimum Gasteiger partial charge on any atom is -0.327 e. The fourth-order valence-electron chi connectivity index (χ4n) is 4.31. The number of hydrogen-bond donors (Lipinski definition) is 0. The van der Waals surface area contributed by atoms with E-state index in [9.17, 15) is 4.79 Å². The molecule has 5 heteroatoms. The SMILES string of the molecule is CCc1ccc(N(C(C)=O)C2CSC(=NC3CCCCC3)N2C2CC2)cc1. The molecule has 1 amide bonds. The van der Waals surface area contributed by atoms with E-state index in [2.05, 4.69) is 36.1 Å². The number of hydrogen-bond acceptors (Lipinski definition) is 3. The van der Waals surface area contributed by atoms with Crippen molar-refractivity contribution in [1.82, 2.24) is 4.90 Å². The Kier molecular flexibility index (Phi) is 5.76. The van der Waals surface area contributed by atoms with Crippen molar-refractivity contribution in [3.8, 4) is 0 Å². The summed E-state index contributed by atoms with van der Waals surface area (Å²) in [5, 5.41) is 1.19. The first kappa shape index (κ1) is 18.9. The maximum absolute atomic E-state index is 12.6. The van der Waals surface area contributed by atoms with Crippen LogP contribution in [0.4, 0.5) is 5.69 Å². The number of rotatable bonds is 5. The molecule has 1 saturated heterocycles. The second-order valence-electron chi connectivity index (χ2n) is 8.04. The van der Waals surface area contributed by atoms with E-state index in [1.807, 2.05) is 16.7 Å². The van der Waals surface area contributed by atoms with Crippen LogP contribution in [0.5, 0.6) is 0 Å². The van der Waals surface area contributed by atoms with Crippen LogP contribution in [0.1, 0.15) is 64.4 Å². The van der Waals surface area contributed by atoms with Crippen LogP contribution in [-0.2, 0) is 11.2 Å². The number of carbonyl (C=O) groups is 1. The lowest BCUT2D eigenvalue weighted by molar-refractivity contribution is -0.117. The molecular formula is C22H31N3OS. The lowest BCUT2D eigenvalue weighted by Gasteiger charge is -2.35. The molecule has 0 radical (unpaired) electrons. The van der Waals surface area contributed by atoms with Crippen LogP contribution in [0.2, 0.25) is 0 Å². The minimum atomic E-state index is 0.0924. The first-order valence-electron chi connectivity index (χ1n) is 10.5. The Bertz CT molecular complexity index is 692. The average Bonchev–Trinajstić information content (AvgIpc) is 3.45. The number of carbonyl (C=O) groups excluding carboxylic acids is 1. The molecule has 3 fully saturated rings. The Balaban J connectivity index is 1.59. The predicted octanol–water partition coefficient (Wildman–Crippen LogP) is 4.83. The van der Waals surface area contributed by atoms with Crippen molar-refractivity contribution < 1.29 is 4.79 Å². The standard InChI is InChI=1S/C22H31N3OS/c1-3-17-9-11-19(12-10-17)24(16(2)26)21-15-27-22(25(21)20-13-14-20)23-18-7-5-4-6-8-18/h9-12,18,20-21H,3-8,13-15H2,1-2H3. The Labute approximate surface area is 167 Å². The van der Waals surface area contributed by atoms with Gasteiger partial charge in [-0.2, -0.15) is 0 Å². The number of amidine groups is 1. The number of amides is 1. The third-order valence-corrected chi connectivity index (χ3v) is 7.01. The van der Waals surface area contributed by atoms with Crippen LogP contribution in [0, 0.1) is 0 Å². The van der Waals surface area contributed by atoms with Gasteiger partial charge in [0.15, 0.2) is 5.17 Å². The van der Waals surface area contributed by atoms with Crippen LogP contribution < -0.4 is 4.90 Å². The largest absolute Gasteiger partial charge is 0.327 e. The molecule has 0 spiro atoms. The highest BCUT2D eigenvalue weighted by Gasteiger charge is 2.44. The van der Waals surface area contributed by atoms with Gasteiger partial charge in [-0.15, -0.1) is 0 Å². The number of thioether (sulfide) groups is 1. The van der Waals surface area contributed by atoms with Gasteiger partial charge in [0.1, 0.15) is 6.17 Å². The molecule has 2 aliphatic carbocycles. The van der Waals surface area contributed by atoms with Crippen molar-refractivity contribution in [3.63, 3.8) is 0 Å². The summed E-state index contributed by atoms with van der Waals surface area (Å²) in [6.07, 6.45) is 9.98. The second kappa shape index (κ2) is 8.26. The van der Waals surface area contributed by atoms with E-state index < -0.39 is 0 Å². The summed E-state index contributed by atoms with van der Waals surface area (Å²) in [5.74, 6) is 1.03. The number of aliphatic imine (C=N–C) groups is 1. The number of aryl methyl sites for hydroxylation is 1. The molecule has 146 valence electrons. The van der Waals surface area contributed by atoms with Crippen LogP contribution in [-0.4, -0.2) is 40.0 Å². The van der Waals surface area contributed by atoms with Gasteiger partial charge < -0.3 is 4.90 Å². The highest BCUT2D eigenvalue weighted by Crippen LogP contribution is 2.40. The van der Waals surface area contributed by atoms with Crippen molar-refractivity contribution in [2.45, 2.75) is 83.5 Å². The first-order chi connectivity index (χ1) is 13.2. The van der Waals surface area contributed by atoms with Gasteiger partial charge in [0, 0.05) is 24.4 Å². The lowest BCUT2D eigenvalue weighted by atomic mass is 9.96. The fraction of sp³-hybridized carbons (Fsp3) is 0.636.